The molecule has 2 N–H and O–H groups in total. The first kappa shape index (κ1) is 10.5. The van der Waals surface area contributed by atoms with Gasteiger partial charge in [-0.15, -0.1) is 0 Å². The minimum Gasteiger partial charge on any atom is -0.481 e. The van der Waals surface area contributed by atoms with Crippen molar-refractivity contribution in [1.29, 1.82) is 0 Å². The summed E-state index contributed by atoms with van der Waals surface area (Å²) in [6.45, 7) is 7.06. The van der Waals surface area contributed by atoms with E-state index in [1.54, 1.807) is 0 Å². The lowest BCUT2D eigenvalue weighted by atomic mass is 10.1. The van der Waals surface area contributed by atoms with Gasteiger partial charge in [-0.1, -0.05) is 0 Å². The monoisotopic (exact) mass is 186 g/mol. The first-order valence-corrected chi connectivity index (χ1v) is 4.79. The molecule has 0 saturated carbocycles. The third-order valence-electron chi connectivity index (χ3n) is 2.44. The van der Waals surface area contributed by atoms with Gasteiger partial charge in [-0.25, -0.2) is 0 Å². The highest BCUT2D eigenvalue weighted by Crippen LogP contribution is 2.06. The molecule has 1 aliphatic rings. The van der Waals surface area contributed by atoms with Gasteiger partial charge in [0.05, 0.1) is 6.42 Å². The van der Waals surface area contributed by atoms with Gasteiger partial charge in [0.1, 0.15) is 0 Å². The fourth-order valence-electron chi connectivity index (χ4n) is 1.67. The van der Waals surface area contributed by atoms with Gasteiger partial charge >= 0.3 is 5.97 Å². The van der Waals surface area contributed by atoms with Gasteiger partial charge in [0, 0.05) is 31.7 Å². The van der Waals surface area contributed by atoms with E-state index in [0.717, 1.165) is 19.6 Å². The quantitative estimate of drug-likeness (QED) is 0.658. The molecule has 0 spiro atoms. The fourth-order valence-corrected chi connectivity index (χ4v) is 1.67. The highest BCUT2D eigenvalue weighted by Gasteiger charge is 2.22. The molecule has 1 saturated heterocycles. The lowest BCUT2D eigenvalue weighted by molar-refractivity contribution is -0.137. The van der Waals surface area contributed by atoms with Crippen molar-refractivity contribution in [3.05, 3.63) is 0 Å². The fraction of sp³-hybridized carbons (Fsp3) is 0.889. The maximum Gasteiger partial charge on any atom is 0.304 e. The smallest absolute Gasteiger partial charge is 0.304 e. The lowest BCUT2D eigenvalue weighted by Crippen LogP contribution is -2.53. The molecular formula is C9H18N2O2. The van der Waals surface area contributed by atoms with Crippen LogP contribution in [0.5, 0.6) is 0 Å². The van der Waals surface area contributed by atoms with E-state index in [9.17, 15) is 4.79 Å². The van der Waals surface area contributed by atoms with E-state index in [-0.39, 0.29) is 12.5 Å². The molecule has 13 heavy (non-hydrogen) atoms. The van der Waals surface area contributed by atoms with E-state index < -0.39 is 5.97 Å². The van der Waals surface area contributed by atoms with Crippen LogP contribution in [0.25, 0.3) is 0 Å². The van der Waals surface area contributed by atoms with E-state index in [1.165, 1.54) is 0 Å². The Morgan fingerprint density at radius 1 is 1.69 bits per heavy atom. The third kappa shape index (κ3) is 3.32. The number of hydrogen-bond donors (Lipinski definition) is 2. The lowest BCUT2D eigenvalue weighted by Gasteiger charge is -2.35. The number of aliphatic carboxylic acids is 1. The second kappa shape index (κ2) is 4.58. The summed E-state index contributed by atoms with van der Waals surface area (Å²) in [7, 11) is 0. The van der Waals surface area contributed by atoms with Gasteiger partial charge in [-0.2, -0.15) is 0 Å². The molecule has 4 heteroatoms. The molecule has 1 rings (SSSR count). The Bertz CT molecular complexity index is 182. The van der Waals surface area contributed by atoms with Crippen LogP contribution < -0.4 is 5.32 Å². The molecule has 1 atom stereocenters. The molecule has 1 aliphatic heterocycles. The second-order valence-corrected chi connectivity index (χ2v) is 3.84. The standard InChI is InChI=1S/C9H18N2O2/c1-7(2)11-4-3-10-8(6-11)5-9(12)13/h7-8,10H,3-6H2,1-2H3,(H,12,13). The number of nitrogens with one attached hydrogen (secondary N) is 1. The van der Waals surface area contributed by atoms with Crippen molar-refractivity contribution >= 4 is 5.97 Å². The Kier molecular flexibility index (Phi) is 3.69. The summed E-state index contributed by atoms with van der Waals surface area (Å²) in [5, 5.41) is 11.8. The molecule has 0 aromatic carbocycles. The number of hydrogen-bond acceptors (Lipinski definition) is 3. The zero-order chi connectivity index (χ0) is 9.84. The largest absolute Gasteiger partial charge is 0.481 e. The molecule has 4 nitrogen and oxygen atoms in total. The number of piperazine rings is 1. The Hall–Kier alpha value is -0.610. The van der Waals surface area contributed by atoms with E-state index in [1.807, 2.05) is 0 Å². The number of nitrogens with zero attached hydrogens (tertiary/aromatic N) is 1. The van der Waals surface area contributed by atoms with E-state index >= 15 is 0 Å². The zero-order valence-electron chi connectivity index (χ0n) is 8.29. The third-order valence-corrected chi connectivity index (χ3v) is 2.44. The Labute approximate surface area is 78.9 Å². The minimum absolute atomic E-state index is 0.119. The van der Waals surface area contributed by atoms with Crippen molar-refractivity contribution in [3.63, 3.8) is 0 Å². The normalized spacial score (nSPS) is 25.0. The maximum absolute atomic E-state index is 10.5. The van der Waals surface area contributed by atoms with Gasteiger partial charge < -0.3 is 10.4 Å². The summed E-state index contributed by atoms with van der Waals surface area (Å²) in [6, 6.07) is 0.632. The van der Waals surface area contributed by atoms with E-state index in [0.29, 0.717) is 6.04 Å². The first-order valence-electron chi connectivity index (χ1n) is 4.79. The van der Waals surface area contributed by atoms with Gasteiger partial charge in [0.2, 0.25) is 0 Å². The van der Waals surface area contributed by atoms with Crippen LogP contribution in [0.1, 0.15) is 20.3 Å². The molecule has 0 radical (unpaired) electrons. The van der Waals surface area contributed by atoms with Crippen LogP contribution in [-0.4, -0.2) is 47.7 Å². The Balaban J connectivity index is 2.37. The predicted octanol–water partition coefficient (Wildman–Crippen LogP) is 0.143. The van der Waals surface area contributed by atoms with Gasteiger partial charge in [0.25, 0.3) is 0 Å². The number of carbonyl (C=O) groups is 1. The molecule has 0 amide bonds. The highest BCUT2D eigenvalue weighted by atomic mass is 16.4. The van der Waals surface area contributed by atoms with Gasteiger partial charge in [-0.05, 0) is 13.8 Å². The van der Waals surface area contributed by atoms with Gasteiger partial charge in [0.15, 0.2) is 0 Å². The summed E-state index contributed by atoms with van der Waals surface area (Å²) in [6.07, 6.45) is 0.225. The molecule has 1 unspecified atom stereocenters. The van der Waals surface area contributed by atoms with Crippen LogP contribution in [0.15, 0.2) is 0 Å². The second-order valence-electron chi connectivity index (χ2n) is 3.84. The zero-order valence-corrected chi connectivity index (χ0v) is 8.29. The molecule has 0 aromatic heterocycles. The summed E-state index contributed by atoms with van der Waals surface area (Å²) in [4.78, 5) is 12.8. The predicted molar refractivity (Wildman–Crippen MR) is 50.8 cm³/mol. The molecule has 1 fully saturated rings. The average Bonchev–Trinajstić information content (AvgIpc) is 2.03. The van der Waals surface area contributed by atoms with Crippen molar-refractivity contribution in [2.75, 3.05) is 19.6 Å². The average molecular weight is 186 g/mol. The SMILES string of the molecule is CC(C)N1CCNC(CC(=O)O)C1. The van der Waals surface area contributed by atoms with Crippen LogP contribution in [0.4, 0.5) is 0 Å². The number of carboxylic acids is 1. The summed E-state index contributed by atoms with van der Waals surface area (Å²) in [5.41, 5.74) is 0. The van der Waals surface area contributed by atoms with Crippen LogP contribution in [-0.2, 0) is 4.79 Å². The molecule has 0 bridgehead atoms. The topological polar surface area (TPSA) is 52.6 Å². The van der Waals surface area contributed by atoms with Crippen molar-refractivity contribution in [2.45, 2.75) is 32.4 Å². The molecular weight excluding hydrogens is 168 g/mol. The van der Waals surface area contributed by atoms with Crippen molar-refractivity contribution in [1.82, 2.24) is 10.2 Å². The van der Waals surface area contributed by atoms with Crippen LogP contribution >= 0.6 is 0 Å². The van der Waals surface area contributed by atoms with Crippen LogP contribution in [0.3, 0.4) is 0 Å². The van der Waals surface area contributed by atoms with E-state index in [2.05, 4.69) is 24.1 Å². The molecule has 1 heterocycles. The maximum atomic E-state index is 10.5. The van der Waals surface area contributed by atoms with Gasteiger partial charge in [-0.3, -0.25) is 9.69 Å². The molecule has 0 aromatic rings. The Morgan fingerprint density at radius 3 is 2.92 bits per heavy atom. The van der Waals surface area contributed by atoms with Crippen LogP contribution in [0.2, 0.25) is 0 Å². The summed E-state index contributed by atoms with van der Waals surface area (Å²) >= 11 is 0. The minimum atomic E-state index is -0.719. The Morgan fingerprint density at radius 2 is 2.38 bits per heavy atom. The van der Waals surface area contributed by atoms with E-state index in [4.69, 9.17) is 5.11 Å². The number of rotatable bonds is 3. The van der Waals surface area contributed by atoms with Crippen LogP contribution in [0, 0.1) is 0 Å². The van der Waals surface area contributed by atoms with Crippen molar-refractivity contribution in [3.8, 4) is 0 Å². The molecule has 76 valence electrons. The first-order chi connectivity index (χ1) is 6.09. The van der Waals surface area contributed by atoms with Crippen molar-refractivity contribution in [2.24, 2.45) is 0 Å². The number of carboxylic acid groups (broad SMARTS) is 1. The summed E-state index contributed by atoms with van der Waals surface area (Å²) < 4.78 is 0. The van der Waals surface area contributed by atoms with Crippen molar-refractivity contribution < 1.29 is 9.90 Å². The molecule has 0 aliphatic carbocycles. The highest BCUT2D eigenvalue weighted by molar-refractivity contribution is 5.67. The summed E-state index contributed by atoms with van der Waals surface area (Å²) in [5.74, 6) is -0.719.